The molecule has 0 radical (unpaired) electrons. The van der Waals surface area contributed by atoms with Crippen LogP contribution in [0.25, 0.3) is 22.6 Å². The summed E-state index contributed by atoms with van der Waals surface area (Å²) >= 11 is 0. The van der Waals surface area contributed by atoms with Crippen molar-refractivity contribution >= 4 is 17.0 Å². The van der Waals surface area contributed by atoms with Crippen molar-refractivity contribution in [3.05, 3.63) is 54.1 Å². The normalized spacial score (nSPS) is 18.5. The van der Waals surface area contributed by atoms with Crippen LogP contribution in [0, 0.1) is 0 Å². The number of hydrogen-bond donors (Lipinski definition) is 0. The predicted octanol–water partition coefficient (Wildman–Crippen LogP) is 6.60. The van der Waals surface area contributed by atoms with Crippen molar-refractivity contribution in [2.24, 2.45) is 0 Å². The fourth-order valence-corrected chi connectivity index (χ4v) is 5.25. The first kappa shape index (κ1) is 19.3. The van der Waals surface area contributed by atoms with Gasteiger partial charge in [-0.1, -0.05) is 50.7 Å². The van der Waals surface area contributed by atoms with E-state index in [0.29, 0.717) is 18.0 Å². The largest absolute Gasteiger partial charge is 0.436 e. The van der Waals surface area contributed by atoms with E-state index in [1.54, 1.807) is 0 Å². The lowest BCUT2D eigenvalue weighted by molar-refractivity contribution is 0.0448. The molecule has 2 aliphatic rings. The number of nitrogens with zero attached hydrogens (tertiary/aromatic N) is 2. The molecule has 0 N–H and O–H groups in total. The Bertz CT molecular complexity index is 944. The van der Waals surface area contributed by atoms with E-state index in [4.69, 9.17) is 4.42 Å². The summed E-state index contributed by atoms with van der Waals surface area (Å²) in [5.41, 5.74) is 3.33. The van der Waals surface area contributed by atoms with Crippen LogP contribution in [0.5, 0.6) is 0 Å². The highest BCUT2D eigenvalue weighted by molar-refractivity contribution is 5.95. The number of benzene rings is 2. The van der Waals surface area contributed by atoms with Gasteiger partial charge in [0.25, 0.3) is 5.91 Å². The zero-order chi connectivity index (χ0) is 20.3. The standard InChI is InChI=1S/C26H30N2O2/c29-26(28(21-9-3-1-4-10-21)22-11-5-2-6-12-22)20-17-15-19(16-18-20)25-27-23-13-7-8-14-24(23)30-25/h7-8,13-18,21-22H,1-6,9-12H2. The number of hydrogen-bond acceptors (Lipinski definition) is 3. The van der Waals surface area contributed by atoms with Gasteiger partial charge in [-0.25, -0.2) is 4.98 Å². The molecule has 30 heavy (non-hydrogen) atoms. The number of amides is 1. The molecule has 0 bridgehead atoms. The van der Waals surface area contributed by atoms with Gasteiger partial charge < -0.3 is 9.32 Å². The van der Waals surface area contributed by atoms with E-state index in [1.807, 2.05) is 48.5 Å². The van der Waals surface area contributed by atoms with Crippen LogP contribution < -0.4 is 0 Å². The molecular weight excluding hydrogens is 372 g/mol. The van der Waals surface area contributed by atoms with Crippen LogP contribution in [0.2, 0.25) is 0 Å². The van der Waals surface area contributed by atoms with Crippen LogP contribution in [0.1, 0.15) is 74.6 Å². The van der Waals surface area contributed by atoms with Gasteiger partial charge >= 0.3 is 0 Å². The van der Waals surface area contributed by atoms with Gasteiger partial charge in [0.15, 0.2) is 5.58 Å². The van der Waals surface area contributed by atoms with Crippen molar-refractivity contribution in [2.75, 3.05) is 0 Å². The molecule has 3 aromatic rings. The number of oxazole rings is 1. The molecule has 2 aliphatic carbocycles. The molecule has 1 heterocycles. The molecule has 0 atom stereocenters. The summed E-state index contributed by atoms with van der Waals surface area (Å²) in [6.07, 6.45) is 12.2. The van der Waals surface area contributed by atoms with Crippen LogP contribution >= 0.6 is 0 Å². The molecule has 1 amide bonds. The first-order valence-corrected chi connectivity index (χ1v) is 11.6. The Balaban J connectivity index is 1.40. The summed E-state index contributed by atoms with van der Waals surface area (Å²) in [6.45, 7) is 0. The van der Waals surface area contributed by atoms with Crippen molar-refractivity contribution in [3.63, 3.8) is 0 Å². The van der Waals surface area contributed by atoms with E-state index < -0.39 is 0 Å². The Morgan fingerprint density at radius 3 is 2.00 bits per heavy atom. The second-order valence-electron chi connectivity index (χ2n) is 8.86. The van der Waals surface area contributed by atoms with Gasteiger partial charge in [-0.15, -0.1) is 0 Å². The fourth-order valence-electron chi connectivity index (χ4n) is 5.25. The lowest BCUT2D eigenvalue weighted by atomic mass is 9.88. The van der Waals surface area contributed by atoms with Crippen LogP contribution in [0.3, 0.4) is 0 Å². The van der Waals surface area contributed by atoms with Gasteiger partial charge in [0.05, 0.1) is 0 Å². The van der Waals surface area contributed by atoms with Gasteiger partial charge in [-0.3, -0.25) is 4.79 Å². The topological polar surface area (TPSA) is 46.3 Å². The van der Waals surface area contributed by atoms with E-state index >= 15 is 0 Å². The molecule has 1 aromatic heterocycles. The molecule has 4 nitrogen and oxygen atoms in total. The summed E-state index contributed by atoms with van der Waals surface area (Å²) in [5.74, 6) is 0.810. The Labute approximate surface area is 178 Å². The highest BCUT2D eigenvalue weighted by Crippen LogP contribution is 2.32. The second kappa shape index (κ2) is 8.63. The quantitative estimate of drug-likeness (QED) is 0.494. The lowest BCUT2D eigenvalue weighted by Gasteiger charge is -2.42. The number of aromatic nitrogens is 1. The molecule has 0 saturated heterocycles. The minimum atomic E-state index is 0.206. The number of carbonyl (C=O) groups excluding carboxylic acids is 1. The third kappa shape index (κ3) is 3.88. The van der Waals surface area contributed by atoms with Gasteiger partial charge in [0, 0.05) is 23.2 Å². The van der Waals surface area contributed by atoms with E-state index in [2.05, 4.69) is 9.88 Å². The maximum Gasteiger partial charge on any atom is 0.254 e. The number of para-hydroxylation sites is 2. The zero-order valence-corrected chi connectivity index (χ0v) is 17.6. The number of rotatable bonds is 4. The average molecular weight is 403 g/mol. The first-order chi connectivity index (χ1) is 14.8. The van der Waals surface area contributed by atoms with E-state index in [9.17, 15) is 4.79 Å². The summed E-state index contributed by atoms with van der Waals surface area (Å²) < 4.78 is 5.89. The monoisotopic (exact) mass is 402 g/mol. The van der Waals surface area contributed by atoms with Crippen LogP contribution in [0.15, 0.2) is 52.9 Å². The molecule has 0 spiro atoms. The van der Waals surface area contributed by atoms with Gasteiger partial charge in [-0.2, -0.15) is 0 Å². The highest BCUT2D eigenvalue weighted by Gasteiger charge is 2.33. The van der Waals surface area contributed by atoms with Crippen LogP contribution in [-0.4, -0.2) is 27.9 Å². The van der Waals surface area contributed by atoms with Gasteiger partial charge in [-0.05, 0) is 62.1 Å². The Morgan fingerprint density at radius 2 is 1.40 bits per heavy atom. The van der Waals surface area contributed by atoms with E-state index in [0.717, 1.165) is 47.9 Å². The molecule has 2 aromatic carbocycles. The third-order valence-electron chi connectivity index (χ3n) is 6.84. The van der Waals surface area contributed by atoms with Crippen molar-refractivity contribution in [1.29, 1.82) is 0 Å². The molecular formula is C26H30N2O2. The van der Waals surface area contributed by atoms with Crippen molar-refractivity contribution in [2.45, 2.75) is 76.3 Å². The summed E-state index contributed by atoms with van der Waals surface area (Å²) in [6, 6.07) is 16.4. The van der Waals surface area contributed by atoms with Crippen molar-refractivity contribution in [3.8, 4) is 11.5 Å². The Hall–Kier alpha value is -2.62. The minimum Gasteiger partial charge on any atom is -0.436 e. The van der Waals surface area contributed by atoms with Crippen molar-refractivity contribution < 1.29 is 9.21 Å². The van der Waals surface area contributed by atoms with Crippen molar-refractivity contribution in [1.82, 2.24) is 9.88 Å². The second-order valence-corrected chi connectivity index (χ2v) is 8.86. The lowest BCUT2D eigenvalue weighted by Crippen LogP contribution is -2.48. The van der Waals surface area contributed by atoms with Crippen LogP contribution in [-0.2, 0) is 0 Å². The summed E-state index contributed by atoms with van der Waals surface area (Å²) in [5, 5.41) is 0. The number of carbonyl (C=O) groups is 1. The maximum absolute atomic E-state index is 13.6. The van der Waals surface area contributed by atoms with Crippen LogP contribution in [0.4, 0.5) is 0 Å². The van der Waals surface area contributed by atoms with E-state index in [1.165, 1.54) is 38.5 Å². The smallest absolute Gasteiger partial charge is 0.254 e. The average Bonchev–Trinajstić information content (AvgIpc) is 3.25. The Morgan fingerprint density at radius 1 is 0.800 bits per heavy atom. The molecule has 156 valence electrons. The zero-order valence-electron chi connectivity index (χ0n) is 17.6. The summed E-state index contributed by atoms with van der Waals surface area (Å²) in [7, 11) is 0. The number of fused-ring (bicyclic) bond motifs is 1. The molecule has 2 saturated carbocycles. The highest BCUT2D eigenvalue weighted by atomic mass is 16.3. The van der Waals surface area contributed by atoms with Gasteiger partial charge in [0.1, 0.15) is 5.52 Å². The molecule has 0 aliphatic heterocycles. The molecule has 4 heteroatoms. The fraction of sp³-hybridized carbons (Fsp3) is 0.462. The maximum atomic E-state index is 13.6. The SMILES string of the molecule is O=C(c1ccc(-c2nc3ccccc3o2)cc1)N(C1CCCCC1)C1CCCCC1. The van der Waals surface area contributed by atoms with Gasteiger partial charge in [0.2, 0.25) is 5.89 Å². The molecule has 5 rings (SSSR count). The Kier molecular flexibility index (Phi) is 5.56. The molecule has 2 fully saturated rings. The first-order valence-electron chi connectivity index (χ1n) is 11.6. The third-order valence-corrected chi connectivity index (χ3v) is 6.84. The predicted molar refractivity (Wildman–Crippen MR) is 119 cm³/mol. The molecule has 0 unspecified atom stereocenters. The summed E-state index contributed by atoms with van der Waals surface area (Å²) in [4.78, 5) is 20.5. The minimum absolute atomic E-state index is 0.206. The van der Waals surface area contributed by atoms with E-state index in [-0.39, 0.29) is 5.91 Å².